The molecular weight excluding hydrogens is 285 g/mol. The summed E-state index contributed by atoms with van der Waals surface area (Å²) in [6.45, 7) is 2.37. The molecule has 1 aliphatic rings. The van der Waals surface area contributed by atoms with Crippen molar-refractivity contribution in [1.82, 2.24) is 4.90 Å². The largest absolute Gasteiger partial charge is 0.369 e. The molecule has 3 N–H and O–H groups in total. The van der Waals surface area contributed by atoms with Gasteiger partial charge in [-0.2, -0.15) is 0 Å². The van der Waals surface area contributed by atoms with Crippen molar-refractivity contribution in [2.45, 2.75) is 19.4 Å². The minimum absolute atomic E-state index is 0.0248. The summed E-state index contributed by atoms with van der Waals surface area (Å²) < 4.78 is 13.1. The van der Waals surface area contributed by atoms with Gasteiger partial charge in [0.05, 0.1) is 13.1 Å². The number of hydrogen-bond donors (Lipinski definition) is 2. The van der Waals surface area contributed by atoms with Crippen molar-refractivity contribution in [3.63, 3.8) is 0 Å². The zero-order valence-corrected chi connectivity index (χ0v) is 12.8. The van der Waals surface area contributed by atoms with Crippen molar-refractivity contribution in [3.05, 3.63) is 35.6 Å². The smallest absolute Gasteiger partial charge is 0.277 e. The molecule has 120 valence electrons. The number of amides is 2. The molecule has 0 aromatic heterocycles. The van der Waals surface area contributed by atoms with Gasteiger partial charge in [-0.15, -0.1) is 0 Å². The second-order valence-corrected chi connectivity index (χ2v) is 5.98. The van der Waals surface area contributed by atoms with Gasteiger partial charge in [-0.25, -0.2) is 4.39 Å². The molecule has 1 aromatic rings. The predicted molar refractivity (Wildman–Crippen MR) is 80.4 cm³/mol. The van der Waals surface area contributed by atoms with Crippen molar-refractivity contribution >= 4 is 11.8 Å². The summed E-state index contributed by atoms with van der Waals surface area (Å²) in [6.07, 6.45) is 1.48. The lowest BCUT2D eigenvalue weighted by molar-refractivity contribution is -0.898. The van der Waals surface area contributed by atoms with E-state index in [4.69, 9.17) is 5.73 Å². The first-order chi connectivity index (χ1) is 10.5. The zero-order valence-electron chi connectivity index (χ0n) is 12.8. The molecule has 0 bridgehead atoms. The normalized spacial score (nSPS) is 21.4. The Bertz CT molecular complexity index is 542. The fraction of sp³-hybridized carbons (Fsp3) is 0.500. The van der Waals surface area contributed by atoms with E-state index in [9.17, 15) is 14.0 Å². The summed E-state index contributed by atoms with van der Waals surface area (Å²) in [5, 5.41) is 0. The summed E-state index contributed by atoms with van der Waals surface area (Å²) in [7, 11) is 1.73. The summed E-state index contributed by atoms with van der Waals surface area (Å²) in [5.74, 6) is -0.563. The lowest BCUT2D eigenvalue weighted by Gasteiger charge is -2.28. The molecule has 0 saturated carbocycles. The molecule has 6 heteroatoms. The van der Waals surface area contributed by atoms with Crippen LogP contribution in [0.1, 0.15) is 18.4 Å². The first-order valence-electron chi connectivity index (χ1n) is 7.57. The van der Waals surface area contributed by atoms with Crippen molar-refractivity contribution in [3.8, 4) is 0 Å². The molecule has 0 atom stereocenters. The Morgan fingerprint density at radius 1 is 1.36 bits per heavy atom. The van der Waals surface area contributed by atoms with Crippen molar-refractivity contribution in [2.75, 3.05) is 26.7 Å². The monoisotopic (exact) mass is 308 g/mol. The maximum absolute atomic E-state index is 13.1. The number of benzene rings is 1. The Balaban J connectivity index is 1.81. The molecule has 1 aromatic carbocycles. The highest BCUT2D eigenvalue weighted by atomic mass is 19.1. The molecule has 1 saturated heterocycles. The number of nitrogens with one attached hydrogen (secondary N) is 1. The van der Waals surface area contributed by atoms with Crippen LogP contribution in [0.3, 0.4) is 0 Å². The number of hydrogen-bond acceptors (Lipinski definition) is 2. The van der Waals surface area contributed by atoms with Crippen LogP contribution in [0.5, 0.6) is 0 Å². The fourth-order valence-electron chi connectivity index (χ4n) is 2.83. The standard InChI is InChI=1S/C16H22FN3O2/c1-19(10-12-3-2-4-14(17)9-12)15(21)11-20-7-5-13(6-8-20)16(18)22/h2-4,9,13H,5-8,10-11H2,1H3,(H2,18,22)/p+1. The minimum atomic E-state index is -0.294. The van der Waals surface area contributed by atoms with E-state index >= 15 is 0 Å². The number of quaternary nitrogens is 1. The first-order valence-corrected chi connectivity index (χ1v) is 7.57. The van der Waals surface area contributed by atoms with Gasteiger partial charge in [-0.05, 0) is 17.7 Å². The number of rotatable bonds is 5. The van der Waals surface area contributed by atoms with Crippen molar-refractivity contribution in [2.24, 2.45) is 11.7 Å². The highest BCUT2D eigenvalue weighted by molar-refractivity contribution is 5.77. The Kier molecular flexibility index (Phi) is 5.49. The van der Waals surface area contributed by atoms with Gasteiger partial charge in [0.1, 0.15) is 5.82 Å². The van der Waals surface area contributed by atoms with Gasteiger partial charge < -0.3 is 15.5 Å². The maximum atomic E-state index is 13.1. The van der Waals surface area contributed by atoms with Gasteiger partial charge in [0, 0.05) is 32.4 Å². The van der Waals surface area contributed by atoms with E-state index in [-0.39, 0.29) is 23.5 Å². The predicted octanol–water partition coefficient (Wildman–Crippen LogP) is -0.436. The third kappa shape index (κ3) is 4.53. The van der Waals surface area contributed by atoms with Gasteiger partial charge in [-0.3, -0.25) is 9.59 Å². The van der Waals surface area contributed by atoms with E-state index < -0.39 is 0 Å². The Morgan fingerprint density at radius 3 is 2.64 bits per heavy atom. The van der Waals surface area contributed by atoms with E-state index in [2.05, 4.69) is 0 Å². The molecule has 0 aliphatic carbocycles. The maximum Gasteiger partial charge on any atom is 0.277 e. The van der Waals surface area contributed by atoms with Gasteiger partial charge in [0.15, 0.2) is 6.54 Å². The van der Waals surface area contributed by atoms with Crippen LogP contribution in [0, 0.1) is 11.7 Å². The van der Waals surface area contributed by atoms with Crippen LogP contribution < -0.4 is 10.6 Å². The average Bonchev–Trinajstić information content (AvgIpc) is 2.47. The third-order valence-corrected chi connectivity index (χ3v) is 4.23. The lowest BCUT2D eigenvalue weighted by atomic mass is 9.96. The molecule has 1 fully saturated rings. The highest BCUT2D eigenvalue weighted by Crippen LogP contribution is 2.08. The number of halogens is 1. The number of carbonyl (C=O) groups is 2. The number of primary amides is 1. The zero-order chi connectivity index (χ0) is 16.1. The summed E-state index contributed by atoms with van der Waals surface area (Å²) >= 11 is 0. The number of piperidine rings is 1. The molecule has 0 radical (unpaired) electrons. The molecule has 22 heavy (non-hydrogen) atoms. The van der Waals surface area contributed by atoms with E-state index in [0.29, 0.717) is 13.1 Å². The van der Waals surface area contributed by atoms with E-state index in [1.54, 1.807) is 24.1 Å². The van der Waals surface area contributed by atoms with E-state index in [1.807, 2.05) is 0 Å². The topological polar surface area (TPSA) is 67.8 Å². The number of carbonyl (C=O) groups excluding carboxylic acids is 2. The molecular formula is C16H23FN3O2+. The summed E-state index contributed by atoms with van der Waals surface area (Å²) in [5.41, 5.74) is 6.08. The molecule has 1 heterocycles. The number of nitrogens with zero attached hydrogens (tertiary/aromatic N) is 1. The molecule has 5 nitrogen and oxygen atoms in total. The van der Waals surface area contributed by atoms with Crippen LogP contribution in [0.15, 0.2) is 24.3 Å². The Morgan fingerprint density at radius 2 is 2.05 bits per heavy atom. The summed E-state index contributed by atoms with van der Waals surface area (Å²) in [4.78, 5) is 26.2. The SMILES string of the molecule is CN(Cc1cccc(F)c1)C(=O)C[NH+]1CCC(C(N)=O)CC1. The van der Waals surface area contributed by atoms with E-state index in [1.165, 1.54) is 17.0 Å². The first kappa shape index (κ1) is 16.4. The highest BCUT2D eigenvalue weighted by Gasteiger charge is 2.27. The quantitative estimate of drug-likeness (QED) is 0.775. The Labute approximate surface area is 129 Å². The van der Waals surface area contributed by atoms with Crippen LogP contribution >= 0.6 is 0 Å². The molecule has 2 rings (SSSR count). The van der Waals surface area contributed by atoms with Crippen molar-refractivity contribution < 1.29 is 18.9 Å². The minimum Gasteiger partial charge on any atom is -0.369 e. The molecule has 0 unspecified atom stereocenters. The van der Waals surface area contributed by atoms with Crippen molar-refractivity contribution in [1.29, 1.82) is 0 Å². The van der Waals surface area contributed by atoms with Crippen LogP contribution in [-0.2, 0) is 16.1 Å². The average molecular weight is 308 g/mol. The second-order valence-electron chi connectivity index (χ2n) is 5.98. The number of likely N-dealkylation sites (tertiary alicyclic amines) is 1. The molecule has 0 spiro atoms. The third-order valence-electron chi connectivity index (χ3n) is 4.23. The van der Waals surface area contributed by atoms with Gasteiger partial charge >= 0.3 is 0 Å². The van der Waals surface area contributed by atoms with Gasteiger partial charge in [-0.1, -0.05) is 12.1 Å². The van der Waals surface area contributed by atoms with Crippen LogP contribution in [0.4, 0.5) is 4.39 Å². The fourth-order valence-corrected chi connectivity index (χ4v) is 2.83. The van der Waals surface area contributed by atoms with Gasteiger partial charge in [0.25, 0.3) is 5.91 Å². The summed E-state index contributed by atoms with van der Waals surface area (Å²) in [6, 6.07) is 6.27. The second kappa shape index (κ2) is 7.35. The number of nitrogens with two attached hydrogens (primary N) is 1. The van der Waals surface area contributed by atoms with Crippen LogP contribution in [-0.4, -0.2) is 43.4 Å². The van der Waals surface area contributed by atoms with E-state index in [0.717, 1.165) is 31.5 Å². The molecule has 1 aliphatic heterocycles. The van der Waals surface area contributed by atoms with Crippen LogP contribution in [0.25, 0.3) is 0 Å². The molecule has 2 amide bonds. The van der Waals surface area contributed by atoms with Crippen LogP contribution in [0.2, 0.25) is 0 Å². The van der Waals surface area contributed by atoms with Gasteiger partial charge in [0.2, 0.25) is 5.91 Å². The Hall–Kier alpha value is -1.95. The number of likely N-dealkylation sites (N-methyl/N-ethyl adjacent to an activating group) is 1. The lowest BCUT2D eigenvalue weighted by Crippen LogP contribution is -3.14.